The summed E-state index contributed by atoms with van der Waals surface area (Å²) in [4.78, 5) is 9.15. The molecule has 1 fully saturated rings. The van der Waals surface area contributed by atoms with Crippen LogP contribution in [0.4, 0.5) is 5.69 Å². The van der Waals surface area contributed by atoms with Crippen LogP contribution in [0.5, 0.6) is 0 Å². The van der Waals surface area contributed by atoms with Crippen LogP contribution in [0.3, 0.4) is 0 Å². The Morgan fingerprint density at radius 1 is 1.22 bits per heavy atom. The van der Waals surface area contributed by atoms with Crippen LogP contribution in [-0.2, 0) is 0 Å². The second-order valence-electron chi connectivity index (χ2n) is 5.37. The van der Waals surface area contributed by atoms with Gasteiger partial charge < -0.3 is 5.32 Å². The largest absolute Gasteiger partial charge is 0.334 e. The van der Waals surface area contributed by atoms with Crippen LogP contribution in [0.1, 0.15) is 37.7 Å². The van der Waals surface area contributed by atoms with E-state index in [0.29, 0.717) is 0 Å². The predicted molar refractivity (Wildman–Crippen MR) is 78.3 cm³/mol. The van der Waals surface area contributed by atoms with E-state index >= 15 is 0 Å². The van der Waals surface area contributed by atoms with E-state index in [-0.39, 0.29) is 5.54 Å². The fraction of sp³-hybridized carbons (Fsp3) is 0.571. The van der Waals surface area contributed by atoms with Crippen LogP contribution in [0.15, 0.2) is 23.5 Å². The molecule has 0 unspecified atom stereocenters. The third-order valence-electron chi connectivity index (χ3n) is 3.73. The minimum Gasteiger partial charge on any atom is -0.334 e. The van der Waals surface area contributed by atoms with Crippen molar-refractivity contribution >= 4 is 22.6 Å². The van der Waals surface area contributed by atoms with Gasteiger partial charge in [-0.3, -0.25) is 9.98 Å². The van der Waals surface area contributed by atoms with Crippen molar-refractivity contribution in [2.75, 3.05) is 11.1 Å². The number of rotatable bonds is 1. The van der Waals surface area contributed by atoms with Gasteiger partial charge in [-0.15, -0.1) is 0 Å². The first-order chi connectivity index (χ1) is 8.76. The summed E-state index contributed by atoms with van der Waals surface area (Å²) in [7, 11) is 0. The van der Waals surface area contributed by atoms with E-state index in [1.54, 1.807) is 0 Å². The number of thioether (sulfide) groups is 1. The van der Waals surface area contributed by atoms with Gasteiger partial charge in [0.05, 0.1) is 17.4 Å². The van der Waals surface area contributed by atoms with Gasteiger partial charge >= 0.3 is 0 Å². The van der Waals surface area contributed by atoms with Gasteiger partial charge in [-0.25, -0.2) is 0 Å². The highest BCUT2D eigenvalue weighted by Gasteiger charge is 2.36. The summed E-state index contributed by atoms with van der Waals surface area (Å²) < 4.78 is 0. The molecular formula is C14H19N3S. The van der Waals surface area contributed by atoms with E-state index < -0.39 is 0 Å². The summed E-state index contributed by atoms with van der Waals surface area (Å²) in [5.41, 5.74) is 2.47. The highest BCUT2D eigenvalue weighted by Crippen LogP contribution is 2.39. The van der Waals surface area contributed by atoms with Crippen molar-refractivity contribution in [1.29, 1.82) is 0 Å². The maximum absolute atomic E-state index is 4.94. The summed E-state index contributed by atoms with van der Waals surface area (Å²) >= 11 is 1.86. The smallest absolute Gasteiger partial charge is 0.161 e. The van der Waals surface area contributed by atoms with Crippen LogP contribution < -0.4 is 5.32 Å². The van der Waals surface area contributed by atoms with Crippen LogP contribution >= 0.6 is 11.8 Å². The molecule has 4 heteroatoms. The number of aryl methyl sites for hydroxylation is 1. The fourth-order valence-electron chi connectivity index (χ4n) is 2.76. The molecule has 1 N–H and O–H groups in total. The topological polar surface area (TPSA) is 37.3 Å². The Morgan fingerprint density at radius 2 is 2.06 bits per heavy atom. The predicted octanol–water partition coefficient (Wildman–Crippen LogP) is 3.61. The van der Waals surface area contributed by atoms with Gasteiger partial charge in [0.25, 0.3) is 0 Å². The molecule has 0 amide bonds. The normalized spacial score (nSPS) is 21.9. The molecule has 0 bridgehead atoms. The lowest BCUT2D eigenvalue weighted by molar-refractivity contribution is 0.335. The van der Waals surface area contributed by atoms with Crippen LogP contribution in [0.25, 0.3) is 0 Å². The summed E-state index contributed by atoms with van der Waals surface area (Å²) in [6.45, 7) is 2.06. The van der Waals surface area contributed by atoms with Crippen molar-refractivity contribution in [3.63, 3.8) is 0 Å². The Labute approximate surface area is 112 Å². The highest BCUT2D eigenvalue weighted by molar-refractivity contribution is 8.14. The molecule has 1 spiro atoms. The second kappa shape index (κ2) is 4.92. The maximum atomic E-state index is 4.94. The van der Waals surface area contributed by atoms with Crippen molar-refractivity contribution in [3.05, 3.63) is 24.0 Å². The quantitative estimate of drug-likeness (QED) is 0.839. The molecular weight excluding hydrogens is 242 g/mol. The van der Waals surface area contributed by atoms with E-state index in [1.165, 1.54) is 37.7 Å². The van der Waals surface area contributed by atoms with E-state index in [1.807, 2.05) is 24.2 Å². The Kier molecular flexibility index (Phi) is 3.29. The maximum Gasteiger partial charge on any atom is 0.161 e. The molecule has 1 aromatic rings. The third-order valence-corrected chi connectivity index (χ3v) is 4.88. The minimum atomic E-state index is 0.239. The van der Waals surface area contributed by atoms with Gasteiger partial charge in [-0.2, -0.15) is 0 Å². The average Bonchev–Trinajstić information content (AvgIpc) is 2.73. The molecule has 1 aromatic heterocycles. The monoisotopic (exact) mass is 261 g/mol. The first-order valence-electron chi connectivity index (χ1n) is 6.67. The molecule has 2 aliphatic rings. The Morgan fingerprint density at radius 3 is 2.83 bits per heavy atom. The third kappa shape index (κ3) is 2.53. The summed E-state index contributed by atoms with van der Waals surface area (Å²) in [6, 6.07) is 2.11. The molecule has 0 atom stereocenters. The van der Waals surface area contributed by atoms with Gasteiger partial charge in [-0.05, 0) is 31.4 Å². The lowest BCUT2D eigenvalue weighted by Crippen LogP contribution is -2.29. The van der Waals surface area contributed by atoms with Gasteiger partial charge in [-0.1, -0.05) is 31.0 Å². The molecule has 1 aliphatic heterocycles. The van der Waals surface area contributed by atoms with E-state index in [2.05, 4.69) is 23.3 Å². The number of pyridine rings is 1. The molecule has 1 aliphatic carbocycles. The first kappa shape index (κ1) is 12.0. The number of nitrogens with one attached hydrogen (secondary N) is 1. The molecule has 96 valence electrons. The molecule has 1 saturated carbocycles. The van der Waals surface area contributed by atoms with Crippen LogP contribution in [0.2, 0.25) is 0 Å². The minimum absolute atomic E-state index is 0.239. The van der Waals surface area contributed by atoms with Gasteiger partial charge in [0.1, 0.15) is 0 Å². The molecule has 0 radical (unpaired) electrons. The van der Waals surface area contributed by atoms with Crippen molar-refractivity contribution in [2.24, 2.45) is 4.99 Å². The number of aliphatic imine (C=N–C) groups is 1. The molecule has 0 saturated heterocycles. The summed E-state index contributed by atoms with van der Waals surface area (Å²) in [5.74, 6) is 1.15. The molecule has 3 rings (SSSR count). The Hall–Kier alpha value is -1.03. The highest BCUT2D eigenvalue weighted by atomic mass is 32.2. The number of amidine groups is 1. The van der Waals surface area contributed by atoms with E-state index in [0.717, 1.165) is 16.6 Å². The zero-order chi connectivity index (χ0) is 12.4. The zero-order valence-corrected chi connectivity index (χ0v) is 11.6. The number of aromatic nitrogens is 1. The molecule has 18 heavy (non-hydrogen) atoms. The second-order valence-corrected chi connectivity index (χ2v) is 6.33. The van der Waals surface area contributed by atoms with Gasteiger partial charge in [0.15, 0.2) is 5.17 Å². The van der Waals surface area contributed by atoms with Crippen molar-refractivity contribution in [1.82, 2.24) is 4.98 Å². The van der Waals surface area contributed by atoms with E-state index in [4.69, 9.17) is 4.99 Å². The number of hydrogen-bond donors (Lipinski definition) is 1. The van der Waals surface area contributed by atoms with Crippen LogP contribution in [-0.4, -0.2) is 21.4 Å². The summed E-state index contributed by atoms with van der Waals surface area (Å²) in [5, 5.41) is 4.48. The van der Waals surface area contributed by atoms with Crippen molar-refractivity contribution < 1.29 is 0 Å². The van der Waals surface area contributed by atoms with Crippen molar-refractivity contribution in [2.45, 2.75) is 44.6 Å². The fourth-order valence-corrected chi connectivity index (χ4v) is 3.97. The van der Waals surface area contributed by atoms with Crippen LogP contribution in [0, 0.1) is 6.92 Å². The molecule has 3 nitrogen and oxygen atoms in total. The zero-order valence-electron chi connectivity index (χ0n) is 10.8. The Bertz CT molecular complexity index is 464. The van der Waals surface area contributed by atoms with Gasteiger partial charge in [0.2, 0.25) is 0 Å². The molecule has 0 aromatic carbocycles. The van der Waals surface area contributed by atoms with Crippen molar-refractivity contribution in [3.8, 4) is 0 Å². The number of anilines is 1. The van der Waals surface area contributed by atoms with E-state index in [9.17, 15) is 0 Å². The number of nitrogens with zero attached hydrogens (tertiary/aromatic N) is 2. The summed E-state index contributed by atoms with van der Waals surface area (Å²) in [6.07, 6.45) is 10.3. The average molecular weight is 261 g/mol. The lowest BCUT2D eigenvalue weighted by Gasteiger charge is -2.29. The standard InChI is InChI=1S/C14H19N3S/c1-11-7-12(9-15-8-11)16-13-17-14(10-18-13)5-3-2-4-6-14/h7-9H,2-6,10H2,1H3,(H,16,17). The SMILES string of the molecule is Cc1cncc(NC2=NC3(CCCCC3)CS2)c1. The van der Waals surface area contributed by atoms with Gasteiger partial charge in [0, 0.05) is 11.9 Å². The lowest BCUT2D eigenvalue weighted by atomic mass is 9.84. The molecule has 2 heterocycles. The first-order valence-corrected chi connectivity index (χ1v) is 7.66. The Balaban J connectivity index is 1.72. The number of hydrogen-bond acceptors (Lipinski definition) is 4.